The van der Waals surface area contributed by atoms with Crippen molar-refractivity contribution in [2.45, 2.75) is 37.9 Å². The third kappa shape index (κ3) is 2.28. The maximum atomic E-state index is 11.4. The summed E-state index contributed by atoms with van der Waals surface area (Å²) in [5.41, 5.74) is -0.228. The van der Waals surface area contributed by atoms with E-state index in [1.54, 1.807) is 6.08 Å². The van der Waals surface area contributed by atoms with E-state index in [9.17, 15) is 4.79 Å². The predicted octanol–water partition coefficient (Wildman–Crippen LogP) is 2.26. The third-order valence-electron chi connectivity index (χ3n) is 2.37. The Morgan fingerprint density at radius 3 is 2.77 bits per heavy atom. The van der Waals surface area contributed by atoms with Gasteiger partial charge in [-0.15, -0.1) is 13.2 Å². The van der Waals surface area contributed by atoms with Gasteiger partial charge < -0.3 is 4.74 Å². The quantitative estimate of drug-likeness (QED) is 0.463. The summed E-state index contributed by atoms with van der Waals surface area (Å²) in [7, 11) is 0. The standard InChI is InChI=1S/C11H16O2/c1-4-6-8-11(3)10(13-11)9(12)7-5-2/h4-5,10H,1-2,6-8H2,3H3. The lowest BCUT2D eigenvalue weighted by atomic mass is 9.98. The number of Topliss-reactive ketones (excluding diaryl/α,β-unsaturated/α-hetero) is 1. The molecule has 2 unspecified atom stereocenters. The number of ketones is 1. The minimum atomic E-state index is -0.228. The van der Waals surface area contributed by atoms with E-state index in [0.717, 1.165) is 12.8 Å². The summed E-state index contributed by atoms with van der Waals surface area (Å²) in [5.74, 6) is 0.140. The summed E-state index contributed by atoms with van der Waals surface area (Å²) in [6, 6.07) is 0. The molecule has 72 valence electrons. The van der Waals surface area contributed by atoms with Gasteiger partial charge in [-0.3, -0.25) is 4.79 Å². The van der Waals surface area contributed by atoms with E-state index < -0.39 is 0 Å². The zero-order valence-corrected chi connectivity index (χ0v) is 8.08. The molecule has 0 aromatic rings. The number of carbonyl (C=O) groups is 1. The molecule has 1 saturated heterocycles. The number of hydrogen-bond donors (Lipinski definition) is 0. The summed E-state index contributed by atoms with van der Waals surface area (Å²) in [4.78, 5) is 11.4. The second-order valence-electron chi connectivity index (χ2n) is 3.60. The van der Waals surface area contributed by atoms with Crippen molar-refractivity contribution in [2.24, 2.45) is 0 Å². The molecule has 0 aromatic heterocycles. The molecule has 1 rings (SSSR count). The first-order valence-corrected chi connectivity index (χ1v) is 4.56. The number of epoxide rings is 1. The average molecular weight is 180 g/mol. The van der Waals surface area contributed by atoms with Crippen molar-refractivity contribution in [1.29, 1.82) is 0 Å². The van der Waals surface area contributed by atoms with Crippen LogP contribution in [0.4, 0.5) is 0 Å². The summed E-state index contributed by atoms with van der Waals surface area (Å²) in [5, 5.41) is 0. The number of ether oxygens (including phenoxy) is 1. The highest BCUT2D eigenvalue weighted by Crippen LogP contribution is 2.41. The van der Waals surface area contributed by atoms with Gasteiger partial charge in [-0.05, 0) is 19.8 Å². The summed E-state index contributed by atoms with van der Waals surface area (Å²) in [6.45, 7) is 9.14. The average Bonchev–Trinajstić information content (AvgIpc) is 2.76. The Kier molecular flexibility index (Phi) is 3.04. The zero-order valence-electron chi connectivity index (χ0n) is 8.08. The maximum absolute atomic E-state index is 11.4. The van der Waals surface area contributed by atoms with Crippen LogP contribution in [0.3, 0.4) is 0 Å². The molecule has 2 heteroatoms. The van der Waals surface area contributed by atoms with Crippen LogP contribution < -0.4 is 0 Å². The Labute approximate surface area is 79.3 Å². The van der Waals surface area contributed by atoms with Crippen molar-refractivity contribution in [3.05, 3.63) is 25.3 Å². The Morgan fingerprint density at radius 2 is 2.23 bits per heavy atom. The molecule has 1 aliphatic rings. The van der Waals surface area contributed by atoms with Gasteiger partial charge in [0.2, 0.25) is 0 Å². The van der Waals surface area contributed by atoms with Gasteiger partial charge in [0.1, 0.15) is 11.7 Å². The second kappa shape index (κ2) is 3.88. The fourth-order valence-electron chi connectivity index (χ4n) is 1.47. The van der Waals surface area contributed by atoms with Crippen LogP contribution in [0.5, 0.6) is 0 Å². The lowest BCUT2D eigenvalue weighted by molar-refractivity contribution is -0.119. The van der Waals surface area contributed by atoms with Crippen LogP contribution in [0.2, 0.25) is 0 Å². The molecule has 0 N–H and O–H groups in total. The summed E-state index contributed by atoms with van der Waals surface area (Å²) in [6.07, 6.45) is 5.46. The van der Waals surface area contributed by atoms with Gasteiger partial charge in [0.25, 0.3) is 0 Å². The zero-order chi connectivity index (χ0) is 9.90. The van der Waals surface area contributed by atoms with E-state index in [4.69, 9.17) is 4.74 Å². The molecule has 1 aliphatic heterocycles. The third-order valence-corrected chi connectivity index (χ3v) is 2.37. The van der Waals surface area contributed by atoms with Crippen LogP contribution in [0, 0.1) is 0 Å². The molecule has 0 radical (unpaired) electrons. The van der Waals surface area contributed by atoms with Crippen molar-refractivity contribution >= 4 is 5.78 Å². The van der Waals surface area contributed by atoms with Gasteiger partial charge in [0, 0.05) is 6.42 Å². The molecule has 0 spiro atoms. The van der Waals surface area contributed by atoms with E-state index in [2.05, 4.69) is 13.2 Å². The van der Waals surface area contributed by atoms with Crippen molar-refractivity contribution < 1.29 is 9.53 Å². The van der Waals surface area contributed by atoms with E-state index in [-0.39, 0.29) is 17.5 Å². The normalized spacial score (nSPS) is 31.0. The molecule has 13 heavy (non-hydrogen) atoms. The molecule has 1 fully saturated rings. The number of allylic oxidation sites excluding steroid dienone is 2. The Balaban J connectivity index is 2.37. The molecule has 2 atom stereocenters. The molecular formula is C11H16O2. The van der Waals surface area contributed by atoms with Crippen LogP contribution in [-0.2, 0) is 9.53 Å². The van der Waals surface area contributed by atoms with E-state index in [1.807, 2.05) is 13.0 Å². The minimum Gasteiger partial charge on any atom is -0.358 e. The Morgan fingerprint density at radius 1 is 1.54 bits per heavy atom. The molecule has 1 heterocycles. The highest BCUT2D eigenvalue weighted by atomic mass is 16.6. The van der Waals surface area contributed by atoms with E-state index in [0.29, 0.717) is 6.42 Å². The first kappa shape index (κ1) is 10.2. The maximum Gasteiger partial charge on any atom is 0.168 e. The predicted molar refractivity (Wildman–Crippen MR) is 52.5 cm³/mol. The van der Waals surface area contributed by atoms with Crippen LogP contribution in [0.1, 0.15) is 26.2 Å². The van der Waals surface area contributed by atoms with Crippen molar-refractivity contribution in [2.75, 3.05) is 0 Å². The van der Waals surface area contributed by atoms with Crippen LogP contribution in [0.25, 0.3) is 0 Å². The number of hydrogen-bond acceptors (Lipinski definition) is 2. The Bertz CT molecular complexity index is 232. The number of rotatable bonds is 6. The van der Waals surface area contributed by atoms with Crippen LogP contribution in [0.15, 0.2) is 25.3 Å². The van der Waals surface area contributed by atoms with Crippen molar-refractivity contribution in [3.63, 3.8) is 0 Å². The van der Waals surface area contributed by atoms with Gasteiger partial charge in [0.05, 0.1) is 0 Å². The SMILES string of the molecule is C=CCCC1(C)OC1C(=O)CC=C. The van der Waals surface area contributed by atoms with E-state index in [1.165, 1.54) is 0 Å². The highest BCUT2D eigenvalue weighted by molar-refractivity contribution is 5.87. The summed E-state index contributed by atoms with van der Waals surface area (Å²) >= 11 is 0. The summed E-state index contributed by atoms with van der Waals surface area (Å²) < 4.78 is 5.38. The molecule has 0 saturated carbocycles. The molecular weight excluding hydrogens is 164 g/mol. The van der Waals surface area contributed by atoms with Crippen molar-refractivity contribution in [1.82, 2.24) is 0 Å². The largest absolute Gasteiger partial charge is 0.358 e. The topological polar surface area (TPSA) is 29.6 Å². The first-order valence-electron chi connectivity index (χ1n) is 4.56. The monoisotopic (exact) mass is 180 g/mol. The lowest BCUT2D eigenvalue weighted by Crippen LogP contribution is -2.16. The van der Waals surface area contributed by atoms with Gasteiger partial charge in [-0.25, -0.2) is 0 Å². The second-order valence-corrected chi connectivity index (χ2v) is 3.60. The smallest absolute Gasteiger partial charge is 0.168 e. The van der Waals surface area contributed by atoms with E-state index >= 15 is 0 Å². The molecule has 0 aliphatic carbocycles. The molecule has 0 amide bonds. The number of carbonyl (C=O) groups excluding carboxylic acids is 1. The van der Waals surface area contributed by atoms with Gasteiger partial charge in [-0.1, -0.05) is 12.2 Å². The fourth-order valence-corrected chi connectivity index (χ4v) is 1.47. The Hall–Kier alpha value is -0.890. The van der Waals surface area contributed by atoms with Crippen LogP contribution in [-0.4, -0.2) is 17.5 Å². The molecule has 0 aromatic carbocycles. The first-order chi connectivity index (χ1) is 6.14. The lowest BCUT2D eigenvalue weighted by Gasteiger charge is -2.01. The van der Waals surface area contributed by atoms with Gasteiger partial charge in [0.15, 0.2) is 5.78 Å². The molecule has 2 nitrogen and oxygen atoms in total. The molecule has 0 bridgehead atoms. The van der Waals surface area contributed by atoms with Gasteiger partial charge in [-0.2, -0.15) is 0 Å². The minimum absolute atomic E-state index is 0.140. The highest BCUT2D eigenvalue weighted by Gasteiger charge is 2.55. The van der Waals surface area contributed by atoms with Crippen LogP contribution >= 0.6 is 0 Å². The fraction of sp³-hybridized carbons (Fsp3) is 0.545. The van der Waals surface area contributed by atoms with Gasteiger partial charge >= 0.3 is 0 Å². The van der Waals surface area contributed by atoms with Crippen molar-refractivity contribution in [3.8, 4) is 0 Å².